The Morgan fingerprint density at radius 3 is 2.55 bits per heavy atom. The van der Waals surface area contributed by atoms with Crippen LogP contribution in [0.5, 0.6) is 5.75 Å². The highest BCUT2D eigenvalue weighted by Crippen LogP contribution is 2.29. The highest BCUT2D eigenvalue weighted by molar-refractivity contribution is 5.30. The number of hydrogen-bond donors (Lipinski definition) is 1. The molecular weight excluding hydrogens is 248 g/mol. The molecule has 1 fully saturated rings. The van der Waals surface area contributed by atoms with Crippen molar-refractivity contribution in [1.29, 1.82) is 0 Å². The van der Waals surface area contributed by atoms with Crippen LogP contribution in [-0.2, 0) is 0 Å². The first-order chi connectivity index (χ1) is 9.76. The molecule has 20 heavy (non-hydrogen) atoms. The first-order valence-electron chi connectivity index (χ1n) is 7.82. The monoisotopic (exact) mass is 276 g/mol. The lowest BCUT2D eigenvalue weighted by Crippen LogP contribution is -2.38. The molecule has 1 aromatic rings. The van der Waals surface area contributed by atoms with E-state index < -0.39 is 0 Å². The Hall–Kier alpha value is -1.06. The van der Waals surface area contributed by atoms with Gasteiger partial charge in [-0.1, -0.05) is 37.8 Å². The van der Waals surface area contributed by atoms with Crippen molar-refractivity contribution in [3.63, 3.8) is 0 Å². The second-order valence-electron chi connectivity index (χ2n) is 5.84. The summed E-state index contributed by atoms with van der Waals surface area (Å²) in [6.45, 7) is 0.653. The molecule has 1 atom stereocenters. The average Bonchev–Trinajstić information content (AvgIpc) is 2.77. The zero-order valence-electron chi connectivity index (χ0n) is 12.8. The first-order valence-corrected chi connectivity index (χ1v) is 7.82. The molecule has 3 heteroatoms. The molecule has 1 aliphatic carbocycles. The van der Waals surface area contributed by atoms with Crippen molar-refractivity contribution in [2.24, 2.45) is 5.73 Å². The van der Waals surface area contributed by atoms with Gasteiger partial charge in [0.25, 0.3) is 0 Å². The van der Waals surface area contributed by atoms with E-state index >= 15 is 0 Å². The quantitative estimate of drug-likeness (QED) is 0.838. The van der Waals surface area contributed by atoms with Gasteiger partial charge < -0.3 is 10.5 Å². The van der Waals surface area contributed by atoms with Crippen molar-refractivity contribution in [3.8, 4) is 5.75 Å². The smallest absolute Gasteiger partial charge is 0.119 e. The third kappa shape index (κ3) is 3.74. The molecule has 1 aromatic carbocycles. The van der Waals surface area contributed by atoms with Crippen molar-refractivity contribution >= 4 is 0 Å². The van der Waals surface area contributed by atoms with Crippen LogP contribution in [0.1, 0.15) is 50.1 Å². The van der Waals surface area contributed by atoms with E-state index in [1.165, 1.54) is 44.1 Å². The molecule has 1 saturated carbocycles. The fourth-order valence-electron chi connectivity index (χ4n) is 3.31. The van der Waals surface area contributed by atoms with Gasteiger partial charge >= 0.3 is 0 Å². The van der Waals surface area contributed by atoms with E-state index in [4.69, 9.17) is 10.5 Å². The van der Waals surface area contributed by atoms with E-state index in [2.05, 4.69) is 30.1 Å². The van der Waals surface area contributed by atoms with Gasteiger partial charge in [-0.3, -0.25) is 4.90 Å². The van der Waals surface area contributed by atoms with Crippen LogP contribution in [0.3, 0.4) is 0 Å². The Labute approximate surface area is 123 Å². The third-order valence-corrected chi connectivity index (χ3v) is 4.59. The van der Waals surface area contributed by atoms with Crippen LogP contribution in [0.25, 0.3) is 0 Å². The van der Waals surface area contributed by atoms with Gasteiger partial charge in [-0.25, -0.2) is 0 Å². The molecule has 0 aromatic heterocycles. The summed E-state index contributed by atoms with van der Waals surface area (Å²) in [6.07, 6.45) is 8.08. The van der Waals surface area contributed by atoms with E-state index in [0.29, 0.717) is 12.6 Å². The highest BCUT2D eigenvalue weighted by Gasteiger charge is 2.24. The fourth-order valence-corrected chi connectivity index (χ4v) is 3.31. The largest absolute Gasteiger partial charge is 0.497 e. The highest BCUT2D eigenvalue weighted by atomic mass is 16.5. The van der Waals surface area contributed by atoms with Gasteiger partial charge in [0.05, 0.1) is 7.11 Å². The van der Waals surface area contributed by atoms with Gasteiger partial charge in [-0.15, -0.1) is 0 Å². The summed E-state index contributed by atoms with van der Waals surface area (Å²) in [5, 5.41) is 0. The number of rotatable bonds is 5. The molecule has 1 unspecified atom stereocenters. The number of ether oxygens (including phenoxy) is 1. The fraction of sp³-hybridized carbons (Fsp3) is 0.647. The van der Waals surface area contributed by atoms with Gasteiger partial charge in [0, 0.05) is 18.6 Å². The van der Waals surface area contributed by atoms with Crippen LogP contribution >= 0.6 is 0 Å². The standard InChI is InChI=1S/C17H28N2O/c1-19(15-9-5-3-4-6-10-15)17(13-18)14-8-7-11-16(12-14)20-2/h7-8,11-12,15,17H,3-6,9-10,13,18H2,1-2H3. The summed E-state index contributed by atoms with van der Waals surface area (Å²) in [5.41, 5.74) is 7.32. The molecule has 1 aliphatic rings. The molecule has 0 radical (unpaired) electrons. The van der Waals surface area contributed by atoms with E-state index in [9.17, 15) is 0 Å². The summed E-state index contributed by atoms with van der Waals surface area (Å²) >= 11 is 0. The number of nitrogens with zero attached hydrogens (tertiary/aromatic N) is 1. The average molecular weight is 276 g/mol. The van der Waals surface area contributed by atoms with Crippen LogP contribution in [0.15, 0.2) is 24.3 Å². The maximum atomic E-state index is 6.06. The lowest BCUT2D eigenvalue weighted by molar-refractivity contribution is 0.161. The molecule has 0 heterocycles. The topological polar surface area (TPSA) is 38.5 Å². The predicted octanol–water partition coefficient (Wildman–Crippen LogP) is 3.35. The SMILES string of the molecule is COc1cccc(C(CN)N(C)C2CCCCCC2)c1. The minimum atomic E-state index is 0.285. The van der Waals surface area contributed by atoms with Crippen molar-refractivity contribution in [1.82, 2.24) is 4.90 Å². The summed E-state index contributed by atoms with van der Waals surface area (Å²) in [5.74, 6) is 0.912. The van der Waals surface area contributed by atoms with E-state index in [1.807, 2.05) is 6.07 Å². The molecule has 112 valence electrons. The zero-order chi connectivity index (χ0) is 14.4. The van der Waals surface area contributed by atoms with Crippen molar-refractivity contribution in [2.75, 3.05) is 20.7 Å². The predicted molar refractivity (Wildman–Crippen MR) is 84.0 cm³/mol. The Balaban J connectivity index is 2.12. The van der Waals surface area contributed by atoms with Gasteiger partial charge in [0.15, 0.2) is 0 Å². The van der Waals surface area contributed by atoms with Crippen LogP contribution < -0.4 is 10.5 Å². The summed E-state index contributed by atoms with van der Waals surface area (Å²) in [7, 11) is 3.94. The van der Waals surface area contributed by atoms with E-state index in [-0.39, 0.29) is 6.04 Å². The summed E-state index contributed by atoms with van der Waals surface area (Å²) in [6, 6.07) is 9.27. The molecule has 0 amide bonds. The molecule has 2 rings (SSSR count). The van der Waals surface area contributed by atoms with Crippen molar-refractivity contribution in [2.45, 2.75) is 50.6 Å². The van der Waals surface area contributed by atoms with Crippen LogP contribution in [0.4, 0.5) is 0 Å². The Morgan fingerprint density at radius 2 is 1.95 bits per heavy atom. The lowest BCUT2D eigenvalue weighted by atomic mass is 10.0. The van der Waals surface area contributed by atoms with Crippen LogP contribution in [0.2, 0.25) is 0 Å². The number of hydrogen-bond acceptors (Lipinski definition) is 3. The number of methoxy groups -OCH3 is 1. The molecule has 3 nitrogen and oxygen atoms in total. The summed E-state index contributed by atoms with van der Waals surface area (Å²) in [4.78, 5) is 2.49. The molecule has 2 N–H and O–H groups in total. The zero-order valence-corrected chi connectivity index (χ0v) is 12.8. The number of nitrogens with two attached hydrogens (primary N) is 1. The molecule has 0 bridgehead atoms. The molecular formula is C17H28N2O. The van der Waals surface area contributed by atoms with Gasteiger partial charge in [-0.05, 0) is 37.6 Å². The Kier molecular flexibility index (Phi) is 5.86. The number of benzene rings is 1. The summed E-state index contributed by atoms with van der Waals surface area (Å²) < 4.78 is 5.34. The molecule has 0 saturated heterocycles. The maximum Gasteiger partial charge on any atom is 0.119 e. The first kappa shape index (κ1) is 15.3. The molecule has 0 aliphatic heterocycles. The second-order valence-corrected chi connectivity index (χ2v) is 5.84. The van der Waals surface area contributed by atoms with Crippen LogP contribution in [-0.4, -0.2) is 31.6 Å². The van der Waals surface area contributed by atoms with E-state index in [0.717, 1.165) is 5.75 Å². The minimum Gasteiger partial charge on any atom is -0.497 e. The van der Waals surface area contributed by atoms with Gasteiger partial charge in [-0.2, -0.15) is 0 Å². The minimum absolute atomic E-state index is 0.285. The normalized spacial score (nSPS) is 18.8. The van der Waals surface area contributed by atoms with Gasteiger partial charge in [0.2, 0.25) is 0 Å². The van der Waals surface area contributed by atoms with Crippen molar-refractivity contribution in [3.05, 3.63) is 29.8 Å². The third-order valence-electron chi connectivity index (χ3n) is 4.59. The second kappa shape index (κ2) is 7.65. The maximum absolute atomic E-state index is 6.06. The Bertz CT molecular complexity index is 400. The lowest BCUT2D eigenvalue weighted by Gasteiger charge is -2.34. The van der Waals surface area contributed by atoms with Crippen molar-refractivity contribution < 1.29 is 4.74 Å². The van der Waals surface area contributed by atoms with Gasteiger partial charge in [0.1, 0.15) is 5.75 Å². The number of likely N-dealkylation sites (N-methyl/N-ethyl adjacent to an activating group) is 1. The Morgan fingerprint density at radius 1 is 1.25 bits per heavy atom. The van der Waals surface area contributed by atoms with E-state index in [1.54, 1.807) is 7.11 Å². The molecule has 0 spiro atoms. The van der Waals surface area contributed by atoms with Crippen LogP contribution in [0, 0.1) is 0 Å².